The molecule has 4 heteroatoms. The van der Waals surface area contributed by atoms with Crippen LogP contribution in [0.25, 0.3) is 33.0 Å². The molecule has 4 aromatic carbocycles. The van der Waals surface area contributed by atoms with Gasteiger partial charge in [-0.3, -0.25) is 4.57 Å². The van der Waals surface area contributed by atoms with E-state index in [1.807, 2.05) is 18.2 Å². The summed E-state index contributed by atoms with van der Waals surface area (Å²) in [5, 5.41) is 2.24. The molecule has 0 aliphatic heterocycles. The fourth-order valence-electron chi connectivity index (χ4n) is 3.49. The molecule has 0 N–H and O–H groups in total. The summed E-state index contributed by atoms with van der Waals surface area (Å²) in [6, 6.07) is 31.5. The van der Waals surface area contributed by atoms with Crippen molar-refractivity contribution in [2.75, 3.05) is 14.2 Å². The average Bonchev–Trinajstić information content (AvgIpc) is 2.79. The lowest BCUT2D eigenvalue weighted by Crippen LogP contribution is -1.93. The molecular weight excluding hydrogens is 379 g/mol. The van der Waals surface area contributed by atoms with Gasteiger partial charge in [0, 0.05) is 14.2 Å². The van der Waals surface area contributed by atoms with Crippen molar-refractivity contribution in [3.63, 3.8) is 0 Å². The maximum absolute atomic E-state index is 12.4. The summed E-state index contributed by atoms with van der Waals surface area (Å²) in [5.41, 5.74) is 5.71. The van der Waals surface area contributed by atoms with Crippen LogP contribution in [0, 0.1) is 0 Å². The highest BCUT2D eigenvalue weighted by Gasteiger charge is 2.21. The number of fused-ring (bicyclic) bond motifs is 1. The van der Waals surface area contributed by atoms with Gasteiger partial charge in [0.15, 0.2) is 0 Å². The zero-order valence-electron chi connectivity index (χ0n) is 16.5. The Labute approximate surface area is 171 Å². The van der Waals surface area contributed by atoms with E-state index in [4.69, 9.17) is 9.05 Å². The molecule has 29 heavy (non-hydrogen) atoms. The predicted octanol–water partition coefficient (Wildman–Crippen LogP) is 7.16. The van der Waals surface area contributed by atoms with Gasteiger partial charge in [0.05, 0.1) is 6.16 Å². The molecule has 0 amide bonds. The molecule has 0 aromatic heterocycles. The lowest BCUT2D eigenvalue weighted by molar-refractivity contribution is 0.275. The second-order valence-electron chi connectivity index (χ2n) is 6.97. The minimum Gasteiger partial charge on any atom is -0.312 e. The minimum atomic E-state index is -3.07. The zero-order valence-corrected chi connectivity index (χ0v) is 17.4. The summed E-state index contributed by atoms with van der Waals surface area (Å²) in [4.78, 5) is 0. The lowest BCUT2D eigenvalue weighted by Gasteiger charge is -2.14. The van der Waals surface area contributed by atoms with Crippen molar-refractivity contribution in [1.82, 2.24) is 0 Å². The van der Waals surface area contributed by atoms with Crippen LogP contribution in [0.2, 0.25) is 0 Å². The zero-order chi connectivity index (χ0) is 20.3. The normalized spacial score (nSPS) is 11.7. The van der Waals surface area contributed by atoms with Crippen LogP contribution in [0.15, 0.2) is 91.0 Å². The summed E-state index contributed by atoms with van der Waals surface area (Å²) in [5.74, 6) is 0. The molecule has 0 radical (unpaired) electrons. The topological polar surface area (TPSA) is 35.5 Å². The molecule has 0 aliphatic carbocycles. The Balaban J connectivity index is 1.61. The molecule has 0 heterocycles. The summed E-state index contributed by atoms with van der Waals surface area (Å²) < 4.78 is 22.5. The van der Waals surface area contributed by atoms with E-state index in [-0.39, 0.29) is 6.16 Å². The van der Waals surface area contributed by atoms with E-state index in [1.165, 1.54) is 36.5 Å². The first-order valence-electron chi connectivity index (χ1n) is 9.49. The molecule has 0 unspecified atom stereocenters. The quantitative estimate of drug-likeness (QED) is 0.321. The van der Waals surface area contributed by atoms with Crippen molar-refractivity contribution >= 4 is 18.4 Å². The molecule has 0 bridgehead atoms. The molecule has 146 valence electrons. The smallest absolute Gasteiger partial charge is 0.312 e. The van der Waals surface area contributed by atoms with Crippen LogP contribution < -0.4 is 0 Å². The highest BCUT2D eigenvalue weighted by atomic mass is 31.2. The Bertz CT molecular complexity index is 1160. The minimum absolute atomic E-state index is 0.263. The lowest BCUT2D eigenvalue weighted by atomic mass is 9.98. The molecule has 4 rings (SSSR count). The van der Waals surface area contributed by atoms with Crippen LogP contribution in [0.3, 0.4) is 0 Å². The van der Waals surface area contributed by atoms with Gasteiger partial charge in [-0.1, -0.05) is 84.9 Å². The number of rotatable bonds is 6. The maximum Gasteiger partial charge on any atom is 0.334 e. The monoisotopic (exact) mass is 402 g/mol. The van der Waals surface area contributed by atoms with Crippen LogP contribution >= 0.6 is 7.60 Å². The first kappa shape index (κ1) is 19.6. The highest BCUT2D eigenvalue weighted by Crippen LogP contribution is 2.49. The molecule has 0 saturated carbocycles. The van der Waals surface area contributed by atoms with Gasteiger partial charge in [0.25, 0.3) is 0 Å². The number of hydrogen-bond donors (Lipinski definition) is 0. The third-order valence-corrected chi connectivity index (χ3v) is 7.03. The SMILES string of the molecule is COP(=O)(Cc1ccc2cc(-c3ccc(-c4ccccc4)cc3)ccc2c1)OC. The van der Waals surface area contributed by atoms with Gasteiger partial charge < -0.3 is 9.05 Å². The summed E-state index contributed by atoms with van der Waals surface area (Å²) in [7, 11) is -0.234. The molecule has 0 fully saturated rings. The van der Waals surface area contributed by atoms with Gasteiger partial charge in [-0.15, -0.1) is 0 Å². The van der Waals surface area contributed by atoms with Crippen molar-refractivity contribution < 1.29 is 13.6 Å². The molecule has 0 atom stereocenters. The van der Waals surface area contributed by atoms with Gasteiger partial charge in [-0.05, 0) is 44.7 Å². The second-order valence-corrected chi connectivity index (χ2v) is 9.24. The predicted molar refractivity (Wildman–Crippen MR) is 120 cm³/mol. The van der Waals surface area contributed by atoms with Crippen LogP contribution in [0.1, 0.15) is 5.56 Å². The van der Waals surface area contributed by atoms with Crippen LogP contribution in [-0.2, 0) is 19.8 Å². The molecule has 0 saturated heterocycles. The van der Waals surface area contributed by atoms with Gasteiger partial charge in [0.2, 0.25) is 0 Å². The molecule has 4 aromatic rings. The second kappa shape index (κ2) is 8.34. The first-order valence-corrected chi connectivity index (χ1v) is 11.2. The fraction of sp³-hybridized carbons (Fsp3) is 0.120. The van der Waals surface area contributed by atoms with Crippen LogP contribution in [0.4, 0.5) is 0 Å². The Hall–Kier alpha value is -2.71. The van der Waals surface area contributed by atoms with E-state index in [0.29, 0.717) is 0 Å². The summed E-state index contributed by atoms with van der Waals surface area (Å²) in [6.45, 7) is 0. The highest BCUT2D eigenvalue weighted by molar-refractivity contribution is 7.52. The Morgan fingerprint density at radius 1 is 0.621 bits per heavy atom. The molecular formula is C25H23O3P. The van der Waals surface area contributed by atoms with Gasteiger partial charge >= 0.3 is 7.60 Å². The summed E-state index contributed by atoms with van der Waals surface area (Å²) in [6.07, 6.45) is 0.263. The van der Waals surface area contributed by atoms with Crippen LogP contribution in [-0.4, -0.2) is 14.2 Å². The van der Waals surface area contributed by atoms with Crippen molar-refractivity contribution in [1.29, 1.82) is 0 Å². The number of benzene rings is 4. The van der Waals surface area contributed by atoms with E-state index in [1.54, 1.807) is 0 Å². The molecule has 0 aliphatic rings. The Morgan fingerprint density at radius 2 is 1.14 bits per heavy atom. The third kappa shape index (κ3) is 4.33. The average molecular weight is 402 g/mol. The summed E-state index contributed by atoms with van der Waals surface area (Å²) >= 11 is 0. The van der Waals surface area contributed by atoms with E-state index >= 15 is 0 Å². The van der Waals surface area contributed by atoms with Crippen molar-refractivity contribution in [3.8, 4) is 22.3 Å². The van der Waals surface area contributed by atoms with Gasteiger partial charge in [-0.25, -0.2) is 0 Å². The van der Waals surface area contributed by atoms with Gasteiger partial charge in [0.1, 0.15) is 0 Å². The van der Waals surface area contributed by atoms with Crippen molar-refractivity contribution in [3.05, 3.63) is 96.6 Å². The standard InChI is InChI=1S/C25H23O3P/c1-27-29(26,28-2)18-19-8-9-25-17-24(15-14-23(25)16-19)22-12-10-21(11-13-22)20-6-4-3-5-7-20/h3-17H,18H2,1-2H3. The van der Waals surface area contributed by atoms with E-state index in [0.717, 1.165) is 16.3 Å². The fourth-order valence-corrected chi connectivity index (χ4v) is 4.54. The Morgan fingerprint density at radius 3 is 1.79 bits per heavy atom. The van der Waals surface area contributed by atoms with E-state index < -0.39 is 7.60 Å². The largest absolute Gasteiger partial charge is 0.334 e. The molecule has 3 nitrogen and oxygen atoms in total. The molecule has 0 spiro atoms. The van der Waals surface area contributed by atoms with E-state index in [2.05, 4.69) is 72.8 Å². The first-order chi connectivity index (χ1) is 14.1. The maximum atomic E-state index is 12.4. The van der Waals surface area contributed by atoms with E-state index in [9.17, 15) is 4.57 Å². The van der Waals surface area contributed by atoms with Gasteiger partial charge in [-0.2, -0.15) is 0 Å². The van der Waals surface area contributed by atoms with Crippen LogP contribution in [0.5, 0.6) is 0 Å². The van der Waals surface area contributed by atoms with Crippen molar-refractivity contribution in [2.45, 2.75) is 6.16 Å². The van der Waals surface area contributed by atoms with Crippen molar-refractivity contribution in [2.24, 2.45) is 0 Å². The third-order valence-electron chi connectivity index (χ3n) is 5.16. The Kier molecular flexibility index (Phi) is 5.64. The number of hydrogen-bond acceptors (Lipinski definition) is 3.